The molecule has 2 saturated heterocycles. The average molecular weight is 543 g/mol. The number of ether oxygens (including phenoxy) is 1. The fourth-order valence-electron chi connectivity index (χ4n) is 4.51. The minimum absolute atomic E-state index is 0. The number of rotatable bonds is 7. The molecule has 1 unspecified atom stereocenters. The van der Waals surface area contributed by atoms with Gasteiger partial charge in [-0.3, -0.25) is 14.7 Å². The highest BCUT2D eigenvalue weighted by Crippen LogP contribution is 2.19. The Morgan fingerprint density at radius 3 is 2.65 bits per heavy atom. The molecular weight excluding hydrogens is 505 g/mol. The first kappa shape index (κ1) is 25.9. The highest BCUT2D eigenvalue weighted by atomic mass is 127. The van der Waals surface area contributed by atoms with Crippen molar-refractivity contribution in [1.29, 1.82) is 0 Å². The Morgan fingerprint density at radius 2 is 1.97 bits per heavy atom. The Hall–Kier alpha value is -1.39. The Bertz CT molecular complexity index is 722. The molecule has 31 heavy (non-hydrogen) atoms. The largest absolute Gasteiger partial charge is 0.378 e. The summed E-state index contributed by atoms with van der Waals surface area (Å²) in [5.41, 5.74) is 8.02. The van der Waals surface area contributed by atoms with Crippen LogP contribution in [-0.2, 0) is 22.6 Å². The van der Waals surface area contributed by atoms with Gasteiger partial charge in [0.2, 0.25) is 5.91 Å². The van der Waals surface area contributed by atoms with Crippen LogP contribution < -0.4 is 11.1 Å². The summed E-state index contributed by atoms with van der Waals surface area (Å²) in [6.45, 7) is 8.18. The van der Waals surface area contributed by atoms with E-state index in [0.717, 1.165) is 77.5 Å². The van der Waals surface area contributed by atoms with Crippen LogP contribution in [-0.4, -0.2) is 67.6 Å². The summed E-state index contributed by atoms with van der Waals surface area (Å²) in [6.07, 6.45) is 4.42. The minimum Gasteiger partial charge on any atom is -0.378 e. The number of carbonyl (C=O) groups excluding carboxylic acids is 1. The van der Waals surface area contributed by atoms with Crippen LogP contribution in [0.25, 0.3) is 0 Å². The smallest absolute Gasteiger partial charge is 0.221 e. The fraction of sp³-hybridized carbons (Fsp3) is 0.652. The van der Waals surface area contributed by atoms with Gasteiger partial charge in [-0.15, -0.1) is 24.0 Å². The number of likely N-dealkylation sites (tertiary alicyclic amines) is 2. The van der Waals surface area contributed by atoms with Crippen LogP contribution >= 0.6 is 24.0 Å². The van der Waals surface area contributed by atoms with Crippen molar-refractivity contribution in [3.05, 3.63) is 35.4 Å². The SMILES string of the molecule is CCOC1CCN(C(=NC)NCc2cccc(CN3CCCC(C(N)=O)C3)c2)CC1.I. The van der Waals surface area contributed by atoms with E-state index in [1.807, 2.05) is 7.05 Å². The summed E-state index contributed by atoms with van der Waals surface area (Å²) in [4.78, 5) is 20.7. The zero-order chi connectivity index (χ0) is 21.3. The van der Waals surface area contributed by atoms with Gasteiger partial charge in [-0.25, -0.2) is 0 Å². The molecule has 1 atom stereocenters. The third kappa shape index (κ3) is 7.91. The van der Waals surface area contributed by atoms with Gasteiger partial charge in [-0.05, 0) is 50.3 Å². The van der Waals surface area contributed by atoms with E-state index in [1.54, 1.807) is 0 Å². The number of nitrogens with zero attached hydrogens (tertiary/aromatic N) is 3. The molecule has 3 rings (SSSR count). The van der Waals surface area contributed by atoms with Gasteiger partial charge < -0.3 is 20.7 Å². The second-order valence-corrected chi connectivity index (χ2v) is 8.34. The lowest BCUT2D eigenvalue weighted by Crippen LogP contribution is -2.46. The lowest BCUT2D eigenvalue weighted by molar-refractivity contribution is -0.123. The van der Waals surface area contributed by atoms with Crippen molar-refractivity contribution in [2.75, 3.05) is 39.8 Å². The summed E-state index contributed by atoms with van der Waals surface area (Å²) in [6, 6.07) is 8.66. The van der Waals surface area contributed by atoms with Gasteiger partial charge >= 0.3 is 0 Å². The van der Waals surface area contributed by atoms with E-state index in [1.165, 1.54) is 11.1 Å². The van der Waals surface area contributed by atoms with Crippen molar-refractivity contribution in [2.45, 2.75) is 51.8 Å². The molecule has 0 aliphatic carbocycles. The minimum atomic E-state index is -0.172. The zero-order valence-electron chi connectivity index (χ0n) is 18.9. The molecule has 0 radical (unpaired) electrons. The van der Waals surface area contributed by atoms with Crippen molar-refractivity contribution in [1.82, 2.24) is 15.1 Å². The number of aliphatic imine (C=N–C) groups is 1. The summed E-state index contributed by atoms with van der Waals surface area (Å²) in [7, 11) is 1.85. The molecule has 0 saturated carbocycles. The number of guanidine groups is 1. The zero-order valence-corrected chi connectivity index (χ0v) is 21.2. The van der Waals surface area contributed by atoms with Crippen LogP contribution in [0, 0.1) is 5.92 Å². The van der Waals surface area contributed by atoms with Gasteiger partial charge in [-0.2, -0.15) is 0 Å². The van der Waals surface area contributed by atoms with E-state index in [9.17, 15) is 4.79 Å². The van der Waals surface area contributed by atoms with Gasteiger partial charge in [0.25, 0.3) is 0 Å². The summed E-state index contributed by atoms with van der Waals surface area (Å²) in [5, 5.41) is 3.52. The molecule has 174 valence electrons. The summed E-state index contributed by atoms with van der Waals surface area (Å²) >= 11 is 0. The lowest BCUT2D eigenvalue weighted by Gasteiger charge is -2.34. The number of primary amides is 1. The number of nitrogens with two attached hydrogens (primary N) is 1. The van der Waals surface area contributed by atoms with Gasteiger partial charge in [-0.1, -0.05) is 24.3 Å². The summed E-state index contributed by atoms with van der Waals surface area (Å²) in [5.74, 6) is 0.767. The molecule has 2 aliphatic rings. The van der Waals surface area contributed by atoms with Crippen molar-refractivity contribution in [3.63, 3.8) is 0 Å². The van der Waals surface area contributed by atoms with Crippen LogP contribution in [0.2, 0.25) is 0 Å². The van der Waals surface area contributed by atoms with Crippen LogP contribution in [0.1, 0.15) is 43.7 Å². The summed E-state index contributed by atoms with van der Waals surface area (Å²) < 4.78 is 5.75. The number of halogens is 1. The lowest BCUT2D eigenvalue weighted by atomic mass is 9.97. The highest BCUT2D eigenvalue weighted by Gasteiger charge is 2.24. The maximum absolute atomic E-state index is 11.5. The maximum Gasteiger partial charge on any atom is 0.221 e. The number of carbonyl (C=O) groups is 1. The maximum atomic E-state index is 11.5. The van der Waals surface area contributed by atoms with E-state index in [4.69, 9.17) is 10.5 Å². The van der Waals surface area contributed by atoms with Crippen molar-refractivity contribution < 1.29 is 9.53 Å². The molecule has 0 bridgehead atoms. The Labute approximate surface area is 203 Å². The third-order valence-electron chi connectivity index (χ3n) is 6.11. The first-order valence-corrected chi connectivity index (χ1v) is 11.3. The number of amides is 1. The van der Waals surface area contributed by atoms with Crippen molar-refractivity contribution >= 4 is 35.8 Å². The van der Waals surface area contributed by atoms with Crippen molar-refractivity contribution in [2.24, 2.45) is 16.6 Å². The number of benzene rings is 1. The highest BCUT2D eigenvalue weighted by molar-refractivity contribution is 14.0. The molecule has 2 fully saturated rings. The quantitative estimate of drug-likeness (QED) is 0.314. The molecule has 0 aromatic heterocycles. The second kappa shape index (κ2) is 13.2. The van der Waals surface area contributed by atoms with Crippen LogP contribution in [0.4, 0.5) is 0 Å². The van der Waals surface area contributed by atoms with Crippen molar-refractivity contribution in [3.8, 4) is 0 Å². The van der Waals surface area contributed by atoms with E-state index in [-0.39, 0.29) is 35.8 Å². The molecule has 3 N–H and O–H groups in total. The number of piperidine rings is 2. The van der Waals surface area contributed by atoms with E-state index >= 15 is 0 Å². The molecule has 7 nitrogen and oxygen atoms in total. The van der Waals surface area contributed by atoms with Crippen LogP contribution in [0.5, 0.6) is 0 Å². The molecule has 8 heteroatoms. The molecule has 1 aromatic rings. The fourth-order valence-corrected chi connectivity index (χ4v) is 4.51. The van der Waals surface area contributed by atoms with Crippen LogP contribution in [0.3, 0.4) is 0 Å². The Kier molecular flexibility index (Phi) is 11.0. The van der Waals surface area contributed by atoms with Gasteiger partial charge in [0, 0.05) is 46.4 Å². The Morgan fingerprint density at radius 1 is 1.23 bits per heavy atom. The predicted octanol–water partition coefficient (Wildman–Crippen LogP) is 2.58. The van der Waals surface area contributed by atoms with E-state index < -0.39 is 0 Å². The second-order valence-electron chi connectivity index (χ2n) is 8.34. The topological polar surface area (TPSA) is 83.2 Å². The third-order valence-corrected chi connectivity index (χ3v) is 6.11. The number of hydrogen-bond acceptors (Lipinski definition) is 4. The molecule has 2 heterocycles. The van der Waals surface area contributed by atoms with E-state index in [0.29, 0.717) is 6.10 Å². The first-order chi connectivity index (χ1) is 14.6. The normalized spacial score (nSPS) is 20.9. The van der Waals surface area contributed by atoms with E-state index in [2.05, 4.69) is 51.3 Å². The Balaban J connectivity index is 0.00000341. The standard InChI is InChI=1S/C23H37N5O2.HI/c1-3-30-21-9-12-28(13-10-21)23(25-2)26-15-18-6-4-7-19(14-18)16-27-11-5-8-20(17-27)22(24)29;/h4,6-7,14,20-21H,3,5,8-13,15-17H2,1-2H3,(H2,24,29)(H,25,26);1H. The van der Waals surface area contributed by atoms with Gasteiger partial charge in [0.1, 0.15) is 0 Å². The number of hydrogen-bond donors (Lipinski definition) is 2. The van der Waals surface area contributed by atoms with Gasteiger partial charge in [0.15, 0.2) is 5.96 Å². The molecule has 1 aromatic carbocycles. The molecule has 2 aliphatic heterocycles. The first-order valence-electron chi connectivity index (χ1n) is 11.3. The van der Waals surface area contributed by atoms with Crippen LogP contribution in [0.15, 0.2) is 29.3 Å². The van der Waals surface area contributed by atoms with Gasteiger partial charge in [0.05, 0.1) is 12.0 Å². The average Bonchev–Trinajstić information content (AvgIpc) is 2.76. The molecule has 0 spiro atoms. The molecule has 1 amide bonds. The monoisotopic (exact) mass is 543 g/mol. The predicted molar refractivity (Wildman–Crippen MR) is 135 cm³/mol. The molecular formula is C23H38IN5O2. The number of nitrogens with one attached hydrogen (secondary N) is 1.